The SMILES string of the molecule is C=CC1=C(/C=C\C)C(NCCCCCCC(=O)OCC)c2ccccc2N(C)S1=O. The Kier molecular flexibility index (Phi) is 10.0. The maximum atomic E-state index is 13.1. The van der Waals surface area contributed by atoms with Gasteiger partial charge in [0, 0.05) is 13.5 Å². The van der Waals surface area contributed by atoms with Crippen LogP contribution in [0.2, 0.25) is 0 Å². The summed E-state index contributed by atoms with van der Waals surface area (Å²) in [4.78, 5) is 12.1. The van der Waals surface area contributed by atoms with Gasteiger partial charge in [0.15, 0.2) is 11.0 Å². The zero-order chi connectivity index (χ0) is 21.9. The molecule has 0 aromatic heterocycles. The summed E-state index contributed by atoms with van der Waals surface area (Å²) in [5.74, 6) is -0.110. The highest BCUT2D eigenvalue weighted by atomic mass is 32.2. The topological polar surface area (TPSA) is 58.6 Å². The van der Waals surface area contributed by atoms with Gasteiger partial charge in [-0.25, -0.2) is 4.21 Å². The van der Waals surface area contributed by atoms with Gasteiger partial charge in [0.2, 0.25) is 0 Å². The van der Waals surface area contributed by atoms with E-state index in [0.29, 0.717) is 13.0 Å². The fourth-order valence-electron chi connectivity index (χ4n) is 3.66. The molecule has 2 unspecified atom stereocenters. The molecule has 164 valence electrons. The van der Waals surface area contributed by atoms with E-state index in [1.807, 2.05) is 55.6 Å². The number of carbonyl (C=O) groups is 1. The van der Waals surface area contributed by atoms with Gasteiger partial charge in [-0.1, -0.05) is 55.8 Å². The highest BCUT2D eigenvalue weighted by Crippen LogP contribution is 2.38. The molecule has 0 aliphatic carbocycles. The molecule has 1 aromatic carbocycles. The molecular weight excluding hydrogens is 396 g/mol. The third-order valence-electron chi connectivity index (χ3n) is 5.11. The van der Waals surface area contributed by atoms with Crippen LogP contribution in [-0.4, -0.2) is 30.4 Å². The van der Waals surface area contributed by atoms with Crippen LogP contribution in [0.1, 0.15) is 57.6 Å². The molecule has 0 saturated heterocycles. The number of benzene rings is 1. The van der Waals surface area contributed by atoms with E-state index in [9.17, 15) is 9.00 Å². The maximum absolute atomic E-state index is 13.1. The van der Waals surface area contributed by atoms with Gasteiger partial charge < -0.3 is 10.1 Å². The van der Waals surface area contributed by atoms with Crippen LogP contribution in [-0.2, 0) is 20.5 Å². The number of rotatable bonds is 11. The lowest BCUT2D eigenvalue weighted by molar-refractivity contribution is -0.143. The van der Waals surface area contributed by atoms with Gasteiger partial charge in [-0.3, -0.25) is 9.10 Å². The fourth-order valence-corrected chi connectivity index (χ4v) is 4.83. The molecule has 2 rings (SSSR count). The summed E-state index contributed by atoms with van der Waals surface area (Å²) in [5.41, 5.74) is 3.06. The van der Waals surface area contributed by atoms with Crippen LogP contribution in [0, 0.1) is 0 Å². The number of carbonyl (C=O) groups excluding carboxylic acids is 1. The Hall–Kier alpha value is -2.18. The van der Waals surface area contributed by atoms with E-state index in [0.717, 1.165) is 54.0 Å². The predicted molar refractivity (Wildman–Crippen MR) is 125 cm³/mol. The Morgan fingerprint density at radius 3 is 2.70 bits per heavy atom. The number of hydrogen-bond acceptors (Lipinski definition) is 4. The maximum Gasteiger partial charge on any atom is 0.305 e. The second-order valence-corrected chi connectivity index (χ2v) is 8.67. The lowest BCUT2D eigenvalue weighted by Crippen LogP contribution is -2.24. The first kappa shape index (κ1) is 24.1. The number of hydrogen-bond donors (Lipinski definition) is 1. The number of para-hydroxylation sites is 1. The van der Waals surface area contributed by atoms with Crippen molar-refractivity contribution in [2.24, 2.45) is 0 Å². The fraction of sp³-hybridized carbons (Fsp3) is 0.458. The van der Waals surface area contributed by atoms with Crippen molar-refractivity contribution in [1.82, 2.24) is 5.32 Å². The third-order valence-corrected chi connectivity index (χ3v) is 6.59. The Bertz CT molecular complexity index is 816. The number of fused-ring (bicyclic) bond motifs is 1. The van der Waals surface area contributed by atoms with Crippen molar-refractivity contribution in [2.75, 3.05) is 24.5 Å². The zero-order valence-electron chi connectivity index (χ0n) is 18.4. The number of nitrogens with one attached hydrogen (secondary N) is 1. The minimum absolute atomic E-state index is 0.0566. The minimum Gasteiger partial charge on any atom is -0.466 e. The highest BCUT2D eigenvalue weighted by Gasteiger charge is 2.29. The summed E-state index contributed by atoms with van der Waals surface area (Å²) in [6, 6.07) is 8.04. The summed E-state index contributed by atoms with van der Waals surface area (Å²) in [5, 5.41) is 3.67. The van der Waals surface area contributed by atoms with Crippen LogP contribution in [0.4, 0.5) is 5.69 Å². The molecule has 1 heterocycles. The molecule has 5 nitrogen and oxygen atoms in total. The van der Waals surface area contributed by atoms with Crippen molar-refractivity contribution in [3.05, 3.63) is 65.1 Å². The second kappa shape index (κ2) is 12.5. The van der Waals surface area contributed by atoms with E-state index in [1.54, 1.807) is 6.08 Å². The van der Waals surface area contributed by atoms with E-state index in [1.165, 1.54) is 0 Å². The lowest BCUT2D eigenvalue weighted by atomic mass is 9.95. The minimum atomic E-state index is -1.31. The first-order valence-corrected chi connectivity index (χ1v) is 11.8. The van der Waals surface area contributed by atoms with Crippen LogP contribution < -0.4 is 9.62 Å². The predicted octanol–water partition coefficient (Wildman–Crippen LogP) is 4.96. The first-order chi connectivity index (χ1) is 14.5. The highest BCUT2D eigenvalue weighted by molar-refractivity contribution is 7.90. The molecule has 1 aliphatic rings. The molecule has 0 amide bonds. The van der Waals surface area contributed by atoms with E-state index in [4.69, 9.17) is 4.74 Å². The average molecular weight is 431 g/mol. The largest absolute Gasteiger partial charge is 0.466 e. The molecule has 6 heteroatoms. The Morgan fingerprint density at radius 1 is 1.27 bits per heavy atom. The number of allylic oxidation sites excluding steroid dienone is 2. The van der Waals surface area contributed by atoms with Gasteiger partial charge >= 0.3 is 5.97 Å². The van der Waals surface area contributed by atoms with E-state index in [2.05, 4.69) is 18.0 Å². The Balaban J connectivity index is 2.08. The molecule has 30 heavy (non-hydrogen) atoms. The van der Waals surface area contributed by atoms with Crippen molar-refractivity contribution in [3.63, 3.8) is 0 Å². The summed E-state index contributed by atoms with van der Waals surface area (Å²) in [6.07, 6.45) is 10.1. The number of ether oxygens (including phenoxy) is 1. The second-order valence-electron chi connectivity index (χ2n) is 7.19. The van der Waals surface area contributed by atoms with Crippen LogP contribution >= 0.6 is 0 Å². The quantitative estimate of drug-likeness (QED) is 0.398. The van der Waals surface area contributed by atoms with Crippen molar-refractivity contribution in [1.29, 1.82) is 0 Å². The standard InChI is InChI=1S/C24H34N2O3S/c1-5-14-20-22(6-2)30(28)26(4)21-16-12-11-15-19(21)24(20)25-18-13-9-8-10-17-23(27)29-7-3/h5-6,11-12,14-16,24-25H,2,7-10,13,17-18H2,1,3-4H3/b14-5-. The molecule has 0 saturated carbocycles. The number of unbranched alkanes of at least 4 members (excludes halogenated alkanes) is 3. The molecule has 0 radical (unpaired) electrons. The number of anilines is 1. The van der Waals surface area contributed by atoms with Crippen LogP contribution in [0.25, 0.3) is 0 Å². The van der Waals surface area contributed by atoms with Gasteiger partial charge in [-0.15, -0.1) is 0 Å². The lowest BCUT2D eigenvalue weighted by Gasteiger charge is -2.23. The van der Waals surface area contributed by atoms with Gasteiger partial charge in [0.25, 0.3) is 0 Å². The molecule has 0 fully saturated rings. The van der Waals surface area contributed by atoms with Crippen molar-refractivity contribution < 1.29 is 13.7 Å². The molecule has 0 spiro atoms. The van der Waals surface area contributed by atoms with Gasteiger partial charge in [0.1, 0.15) is 0 Å². The molecular formula is C24H34N2O3S. The molecule has 1 aromatic rings. The van der Waals surface area contributed by atoms with E-state index in [-0.39, 0.29) is 12.0 Å². The summed E-state index contributed by atoms with van der Waals surface area (Å²) < 4.78 is 19.9. The van der Waals surface area contributed by atoms with Crippen molar-refractivity contribution in [3.8, 4) is 0 Å². The van der Waals surface area contributed by atoms with Gasteiger partial charge in [0.05, 0.1) is 23.2 Å². The van der Waals surface area contributed by atoms with Crippen LogP contribution in [0.3, 0.4) is 0 Å². The number of nitrogens with zero attached hydrogens (tertiary/aromatic N) is 1. The van der Waals surface area contributed by atoms with E-state index >= 15 is 0 Å². The normalized spacial score (nSPS) is 19.0. The first-order valence-electron chi connectivity index (χ1n) is 10.7. The van der Waals surface area contributed by atoms with Crippen LogP contribution in [0.15, 0.2) is 59.6 Å². The van der Waals surface area contributed by atoms with Crippen molar-refractivity contribution >= 4 is 22.6 Å². The van der Waals surface area contributed by atoms with Gasteiger partial charge in [-0.2, -0.15) is 0 Å². The summed E-state index contributed by atoms with van der Waals surface area (Å²) >= 11 is 0. The third kappa shape index (κ3) is 6.16. The van der Waals surface area contributed by atoms with Crippen molar-refractivity contribution in [2.45, 2.75) is 52.0 Å². The Morgan fingerprint density at radius 2 is 2.00 bits per heavy atom. The Labute approximate surface area is 183 Å². The van der Waals surface area contributed by atoms with E-state index < -0.39 is 11.0 Å². The van der Waals surface area contributed by atoms with Crippen LogP contribution in [0.5, 0.6) is 0 Å². The number of esters is 1. The zero-order valence-corrected chi connectivity index (χ0v) is 19.2. The monoisotopic (exact) mass is 430 g/mol. The molecule has 1 aliphatic heterocycles. The molecule has 1 N–H and O–H groups in total. The smallest absolute Gasteiger partial charge is 0.305 e. The molecule has 0 bridgehead atoms. The average Bonchev–Trinajstić information content (AvgIpc) is 2.82. The summed E-state index contributed by atoms with van der Waals surface area (Å²) in [7, 11) is 0.547. The summed E-state index contributed by atoms with van der Waals surface area (Å²) in [6.45, 7) is 9.00. The molecule has 2 atom stereocenters. The van der Waals surface area contributed by atoms with Gasteiger partial charge in [-0.05, 0) is 50.4 Å².